The third-order valence-corrected chi connectivity index (χ3v) is 4.23. The van der Waals surface area contributed by atoms with E-state index in [9.17, 15) is 14.4 Å². The van der Waals surface area contributed by atoms with Gasteiger partial charge in [0.05, 0.1) is 24.1 Å². The highest BCUT2D eigenvalue weighted by Gasteiger charge is 2.17. The van der Waals surface area contributed by atoms with Gasteiger partial charge in [0.1, 0.15) is 5.75 Å². The van der Waals surface area contributed by atoms with Crippen LogP contribution in [0.15, 0.2) is 84.0 Å². The number of ether oxygens (including phenoxy) is 1. The second kappa shape index (κ2) is 11.1. The zero-order valence-electron chi connectivity index (χ0n) is 17.4. The van der Waals surface area contributed by atoms with E-state index in [0.29, 0.717) is 12.3 Å². The number of carbonyl (C=O) groups excluding carboxylic acids is 3. The van der Waals surface area contributed by atoms with Crippen LogP contribution in [0, 0.1) is 0 Å². The Morgan fingerprint density at radius 2 is 1.53 bits per heavy atom. The predicted octanol–water partition coefficient (Wildman–Crippen LogP) is 3.43. The molecule has 162 valence electrons. The van der Waals surface area contributed by atoms with Gasteiger partial charge in [0, 0.05) is 5.69 Å². The molecule has 0 heterocycles. The Morgan fingerprint density at radius 3 is 2.25 bits per heavy atom. The number of para-hydroxylation sites is 2. The lowest BCUT2D eigenvalue weighted by Crippen LogP contribution is -2.33. The summed E-state index contributed by atoms with van der Waals surface area (Å²) in [5, 5.41) is 8.97. The predicted molar refractivity (Wildman–Crippen MR) is 123 cm³/mol. The van der Waals surface area contributed by atoms with Crippen LogP contribution in [-0.4, -0.2) is 30.5 Å². The molecule has 0 aliphatic rings. The molecular weight excluding hydrogens is 408 g/mol. The van der Waals surface area contributed by atoms with E-state index < -0.39 is 17.7 Å². The second-order valence-electron chi connectivity index (χ2n) is 6.52. The Labute approximate surface area is 185 Å². The van der Waals surface area contributed by atoms with E-state index in [1.807, 2.05) is 13.0 Å². The van der Waals surface area contributed by atoms with Gasteiger partial charge in [0.25, 0.3) is 5.91 Å². The van der Waals surface area contributed by atoms with Crippen LogP contribution in [0.5, 0.6) is 5.75 Å². The lowest BCUT2D eigenvalue weighted by molar-refractivity contribution is -0.136. The standard InChI is InChI=1S/C24H22N4O4/c1-2-32-19-14-12-17(13-15-19)16-25-28-24(31)23(30)27-21-11-7-6-10-20(21)22(29)26-18-8-4-3-5-9-18/h3-16H,2H2,1H3,(H,26,29)(H,27,30)(H,28,31)/b25-16+. The van der Waals surface area contributed by atoms with Crippen LogP contribution in [0.25, 0.3) is 0 Å². The molecule has 3 aromatic carbocycles. The first kappa shape index (κ1) is 22.2. The molecule has 0 saturated carbocycles. The molecule has 0 unspecified atom stereocenters. The summed E-state index contributed by atoms with van der Waals surface area (Å²) in [5.74, 6) is -1.61. The maximum Gasteiger partial charge on any atom is 0.329 e. The summed E-state index contributed by atoms with van der Waals surface area (Å²) in [6.07, 6.45) is 1.40. The number of nitrogens with zero attached hydrogens (tertiary/aromatic N) is 1. The lowest BCUT2D eigenvalue weighted by atomic mass is 10.1. The zero-order chi connectivity index (χ0) is 22.8. The monoisotopic (exact) mass is 430 g/mol. The fourth-order valence-corrected chi connectivity index (χ4v) is 2.72. The van der Waals surface area contributed by atoms with Gasteiger partial charge in [-0.2, -0.15) is 5.10 Å². The Morgan fingerprint density at radius 1 is 0.844 bits per heavy atom. The van der Waals surface area contributed by atoms with Gasteiger partial charge in [-0.05, 0) is 61.0 Å². The molecule has 3 aromatic rings. The van der Waals surface area contributed by atoms with Crippen molar-refractivity contribution in [2.75, 3.05) is 17.2 Å². The summed E-state index contributed by atoms with van der Waals surface area (Å²) < 4.78 is 5.36. The molecule has 32 heavy (non-hydrogen) atoms. The van der Waals surface area contributed by atoms with Crippen LogP contribution in [-0.2, 0) is 9.59 Å². The molecule has 3 rings (SSSR count). The molecule has 0 atom stereocenters. The molecule has 8 heteroatoms. The summed E-state index contributed by atoms with van der Waals surface area (Å²) >= 11 is 0. The number of carbonyl (C=O) groups is 3. The number of hydrazone groups is 1. The molecular formula is C24H22N4O4. The Balaban J connectivity index is 1.59. The normalized spacial score (nSPS) is 10.4. The topological polar surface area (TPSA) is 109 Å². The summed E-state index contributed by atoms with van der Waals surface area (Å²) in [5.41, 5.74) is 3.92. The number of benzene rings is 3. The average molecular weight is 430 g/mol. The van der Waals surface area contributed by atoms with Crippen molar-refractivity contribution in [3.63, 3.8) is 0 Å². The highest BCUT2D eigenvalue weighted by Crippen LogP contribution is 2.17. The fraction of sp³-hybridized carbons (Fsp3) is 0.0833. The van der Waals surface area contributed by atoms with Crippen LogP contribution in [0.3, 0.4) is 0 Å². The van der Waals surface area contributed by atoms with Crippen molar-refractivity contribution in [2.45, 2.75) is 6.92 Å². The number of amides is 3. The minimum atomic E-state index is -0.967. The molecule has 0 aromatic heterocycles. The average Bonchev–Trinajstić information content (AvgIpc) is 2.81. The van der Waals surface area contributed by atoms with Gasteiger partial charge in [-0.3, -0.25) is 14.4 Å². The smallest absolute Gasteiger partial charge is 0.329 e. The Hall–Kier alpha value is -4.46. The molecule has 0 bridgehead atoms. The summed E-state index contributed by atoms with van der Waals surface area (Å²) in [6.45, 7) is 2.46. The van der Waals surface area contributed by atoms with Gasteiger partial charge in [0.2, 0.25) is 0 Å². The summed E-state index contributed by atoms with van der Waals surface area (Å²) in [6, 6.07) is 22.4. The van der Waals surface area contributed by atoms with E-state index in [4.69, 9.17) is 4.74 Å². The van der Waals surface area contributed by atoms with E-state index in [-0.39, 0.29) is 11.3 Å². The fourth-order valence-electron chi connectivity index (χ4n) is 2.72. The number of nitrogens with one attached hydrogen (secondary N) is 3. The van der Waals surface area contributed by atoms with E-state index in [0.717, 1.165) is 11.3 Å². The van der Waals surface area contributed by atoms with Crippen LogP contribution in [0.4, 0.5) is 11.4 Å². The van der Waals surface area contributed by atoms with E-state index in [1.54, 1.807) is 66.7 Å². The largest absolute Gasteiger partial charge is 0.494 e. The minimum Gasteiger partial charge on any atom is -0.494 e. The van der Waals surface area contributed by atoms with Gasteiger partial charge in [-0.15, -0.1) is 0 Å². The summed E-state index contributed by atoms with van der Waals surface area (Å²) in [7, 11) is 0. The number of hydrogen-bond donors (Lipinski definition) is 3. The van der Waals surface area contributed by atoms with Gasteiger partial charge >= 0.3 is 11.8 Å². The molecule has 3 N–H and O–H groups in total. The zero-order valence-corrected chi connectivity index (χ0v) is 17.4. The number of rotatable bonds is 7. The molecule has 0 spiro atoms. The van der Waals surface area contributed by atoms with Crippen molar-refractivity contribution in [1.82, 2.24) is 5.43 Å². The first-order valence-electron chi connectivity index (χ1n) is 9.89. The molecule has 0 radical (unpaired) electrons. The molecule has 0 aliphatic carbocycles. The maximum atomic E-state index is 12.6. The quantitative estimate of drug-likeness (QED) is 0.303. The molecule has 0 aliphatic heterocycles. The highest BCUT2D eigenvalue weighted by molar-refractivity contribution is 6.40. The van der Waals surface area contributed by atoms with Gasteiger partial charge in [0.15, 0.2) is 0 Å². The van der Waals surface area contributed by atoms with E-state index in [2.05, 4.69) is 21.2 Å². The Kier molecular flexibility index (Phi) is 7.69. The van der Waals surface area contributed by atoms with Crippen molar-refractivity contribution >= 4 is 35.3 Å². The van der Waals surface area contributed by atoms with Crippen LogP contribution >= 0.6 is 0 Å². The number of anilines is 2. The van der Waals surface area contributed by atoms with Crippen molar-refractivity contribution < 1.29 is 19.1 Å². The van der Waals surface area contributed by atoms with Crippen LogP contribution in [0.1, 0.15) is 22.8 Å². The highest BCUT2D eigenvalue weighted by atomic mass is 16.5. The molecule has 8 nitrogen and oxygen atoms in total. The lowest BCUT2D eigenvalue weighted by Gasteiger charge is -2.11. The van der Waals surface area contributed by atoms with Crippen molar-refractivity contribution in [3.8, 4) is 5.75 Å². The SMILES string of the molecule is CCOc1ccc(/C=N/NC(=O)C(=O)Nc2ccccc2C(=O)Nc2ccccc2)cc1. The van der Waals surface area contributed by atoms with E-state index >= 15 is 0 Å². The molecule has 3 amide bonds. The van der Waals surface area contributed by atoms with Gasteiger partial charge in [-0.25, -0.2) is 5.43 Å². The van der Waals surface area contributed by atoms with Gasteiger partial charge in [-0.1, -0.05) is 30.3 Å². The third-order valence-electron chi connectivity index (χ3n) is 4.23. The van der Waals surface area contributed by atoms with Gasteiger partial charge < -0.3 is 15.4 Å². The third kappa shape index (κ3) is 6.27. The van der Waals surface area contributed by atoms with E-state index in [1.165, 1.54) is 12.3 Å². The van der Waals surface area contributed by atoms with Crippen LogP contribution < -0.4 is 20.8 Å². The second-order valence-corrected chi connectivity index (χ2v) is 6.52. The maximum absolute atomic E-state index is 12.6. The summed E-state index contributed by atoms with van der Waals surface area (Å²) in [4.78, 5) is 36.9. The molecule has 0 fully saturated rings. The van der Waals surface area contributed by atoms with Crippen molar-refractivity contribution in [3.05, 3.63) is 90.0 Å². The van der Waals surface area contributed by atoms with Crippen LogP contribution in [0.2, 0.25) is 0 Å². The first-order valence-corrected chi connectivity index (χ1v) is 9.89. The van der Waals surface area contributed by atoms with Crippen molar-refractivity contribution in [2.24, 2.45) is 5.10 Å². The first-order chi connectivity index (χ1) is 15.6. The Bertz CT molecular complexity index is 1110. The minimum absolute atomic E-state index is 0.205. The number of hydrogen-bond acceptors (Lipinski definition) is 5. The van der Waals surface area contributed by atoms with Crippen molar-refractivity contribution in [1.29, 1.82) is 0 Å². The molecule has 0 saturated heterocycles.